The average molecular weight is 890 g/mol. The van der Waals surface area contributed by atoms with Gasteiger partial charge in [0.25, 0.3) is 0 Å². The molecule has 10 nitrogen and oxygen atoms in total. The molecule has 8 aromatic carbocycles. The van der Waals surface area contributed by atoms with Crippen LogP contribution in [-0.2, 0) is 26.2 Å². The minimum absolute atomic E-state index is 0.100. The molecule has 1 aliphatic rings. The molecule has 0 aliphatic carbocycles. The van der Waals surface area contributed by atoms with E-state index in [1.165, 1.54) is 0 Å². The Morgan fingerprint density at radius 3 is 0.750 bits per heavy atom. The van der Waals surface area contributed by atoms with E-state index in [2.05, 4.69) is 21.3 Å². The first-order chi connectivity index (χ1) is 31.3. The van der Waals surface area contributed by atoms with Crippen LogP contribution in [0.1, 0.15) is 22.3 Å². The third kappa shape index (κ3) is 9.69. The van der Waals surface area contributed by atoms with Crippen molar-refractivity contribution < 1.29 is 29.2 Å². The highest BCUT2D eigenvalue weighted by atomic mass is 35.5. The zero-order valence-corrected chi connectivity index (χ0v) is 35.8. The second-order valence-electron chi connectivity index (χ2n) is 14.8. The van der Waals surface area contributed by atoms with Gasteiger partial charge >= 0.3 is 0 Å². The summed E-state index contributed by atoms with van der Waals surface area (Å²) < 4.78 is 26.1. The molecule has 4 bridgehead atoms. The number of phenolic OH excluding ortho intramolecular Hbond substituents is 2. The summed E-state index contributed by atoms with van der Waals surface area (Å²) in [4.78, 5) is 0. The number of benzene rings is 8. The predicted molar refractivity (Wildman–Crippen MR) is 254 cm³/mol. The number of ether oxygens (including phenoxy) is 4. The molecule has 0 spiro atoms. The number of halogens is 2. The van der Waals surface area contributed by atoms with Crippen LogP contribution in [0.4, 0.5) is 22.7 Å². The number of hydrogen-bond donors (Lipinski definition) is 6. The van der Waals surface area contributed by atoms with Crippen LogP contribution in [-0.4, -0.2) is 10.2 Å². The van der Waals surface area contributed by atoms with Crippen molar-refractivity contribution in [2.75, 3.05) is 21.3 Å². The van der Waals surface area contributed by atoms with Gasteiger partial charge < -0.3 is 50.4 Å². The van der Waals surface area contributed by atoms with Crippen LogP contribution in [0.25, 0.3) is 0 Å². The van der Waals surface area contributed by atoms with Gasteiger partial charge in [0, 0.05) is 58.5 Å². The summed E-state index contributed by atoms with van der Waals surface area (Å²) in [6.45, 7) is 0.983. The standard InChI is InChI=1S/C52H42Cl2N4O6/c53-37-25-33-29-55-39-13-1-5-17-43(39)61-47-21-9-10-22-48(47)62-44-18-6-2-14-40(44)57-31-35-27-38(54)28-36(52(35)60)32-58-42-16-4-8-20-46(42)64-50-24-12-11-23-49(50)63-45-19-7-3-15-41(45)56-30-34(26-37)51(33)59/h1-28,55-60H,29-32H2. The molecule has 320 valence electrons. The fourth-order valence-electron chi connectivity index (χ4n) is 7.25. The van der Waals surface area contributed by atoms with E-state index >= 15 is 0 Å². The number of rotatable bonds is 0. The van der Waals surface area contributed by atoms with Gasteiger partial charge in [-0.3, -0.25) is 0 Å². The molecule has 0 unspecified atom stereocenters. The van der Waals surface area contributed by atoms with E-state index < -0.39 is 0 Å². The second-order valence-corrected chi connectivity index (χ2v) is 15.7. The van der Waals surface area contributed by atoms with Crippen molar-refractivity contribution in [3.8, 4) is 57.5 Å². The lowest BCUT2D eigenvalue weighted by Crippen LogP contribution is -2.06. The number of fused-ring (bicyclic) bond motifs is 10. The largest absolute Gasteiger partial charge is 0.507 e. The monoisotopic (exact) mass is 888 g/mol. The maximum atomic E-state index is 11.6. The molecule has 12 heteroatoms. The molecule has 1 aliphatic heterocycles. The predicted octanol–water partition coefficient (Wildman–Crippen LogP) is 14.3. The van der Waals surface area contributed by atoms with E-state index in [1.807, 2.05) is 146 Å². The van der Waals surface area contributed by atoms with Crippen LogP contribution < -0.4 is 40.2 Å². The van der Waals surface area contributed by atoms with Gasteiger partial charge in [-0.15, -0.1) is 0 Å². The van der Waals surface area contributed by atoms with E-state index in [9.17, 15) is 10.2 Å². The first kappa shape index (κ1) is 41.7. The van der Waals surface area contributed by atoms with Crippen LogP contribution in [0.2, 0.25) is 10.0 Å². The fraction of sp³-hybridized carbons (Fsp3) is 0.0769. The average Bonchev–Trinajstić information content (AvgIpc) is 3.31. The molecular weight excluding hydrogens is 847 g/mol. The van der Waals surface area contributed by atoms with Crippen molar-refractivity contribution in [3.05, 3.63) is 202 Å². The second kappa shape index (κ2) is 19.2. The maximum Gasteiger partial charge on any atom is 0.170 e. The van der Waals surface area contributed by atoms with Gasteiger partial charge in [-0.25, -0.2) is 0 Å². The molecule has 1 heterocycles. The lowest BCUT2D eigenvalue weighted by atomic mass is 10.1. The summed E-state index contributed by atoms with van der Waals surface area (Å²) >= 11 is 13.3. The summed E-state index contributed by atoms with van der Waals surface area (Å²) in [5.74, 6) is 4.30. The van der Waals surface area contributed by atoms with E-state index in [-0.39, 0.29) is 37.7 Å². The van der Waals surface area contributed by atoms with Crippen molar-refractivity contribution in [1.29, 1.82) is 0 Å². The normalized spacial score (nSPS) is 12.8. The molecule has 0 aromatic heterocycles. The highest BCUT2D eigenvalue weighted by Gasteiger charge is 2.18. The van der Waals surface area contributed by atoms with Crippen molar-refractivity contribution in [2.45, 2.75) is 26.2 Å². The van der Waals surface area contributed by atoms with Crippen molar-refractivity contribution >= 4 is 46.0 Å². The van der Waals surface area contributed by atoms with Gasteiger partial charge in [0.1, 0.15) is 11.5 Å². The summed E-state index contributed by atoms with van der Waals surface area (Å²) in [5, 5.41) is 37.8. The quantitative estimate of drug-likeness (QED) is 0.0876. The summed E-state index contributed by atoms with van der Waals surface area (Å²) in [5.41, 5.74) is 5.14. The van der Waals surface area contributed by atoms with Crippen LogP contribution in [0.5, 0.6) is 57.5 Å². The molecule has 0 fully saturated rings. The smallest absolute Gasteiger partial charge is 0.170 e. The van der Waals surface area contributed by atoms with Crippen molar-refractivity contribution in [2.24, 2.45) is 0 Å². The third-order valence-electron chi connectivity index (χ3n) is 10.5. The van der Waals surface area contributed by atoms with Crippen LogP contribution in [0, 0.1) is 0 Å². The molecule has 0 radical (unpaired) electrons. The van der Waals surface area contributed by atoms with Gasteiger partial charge in [0.2, 0.25) is 0 Å². The van der Waals surface area contributed by atoms with Gasteiger partial charge in [0.15, 0.2) is 46.0 Å². The Bertz CT molecular complexity index is 2560. The number of anilines is 4. The van der Waals surface area contributed by atoms with E-state index in [0.717, 1.165) is 0 Å². The van der Waals surface area contributed by atoms with Gasteiger partial charge in [-0.2, -0.15) is 0 Å². The Balaban J connectivity index is 1.07. The summed E-state index contributed by atoms with van der Waals surface area (Å²) in [6.07, 6.45) is 0. The molecule has 8 aromatic rings. The Hall–Kier alpha value is -7.66. The SMILES string of the molecule is Oc1c2cc(Cl)cc1CNc1ccccc1Oc1ccccc1Oc1ccccc1NCc1cc(Cl)cc(c1O)CNc1ccccc1Oc1ccccc1Oc1ccccc1NC2. The summed E-state index contributed by atoms with van der Waals surface area (Å²) in [6, 6.07) is 51.9. The first-order valence-electron chi connectivity index (χ1n) is 20.6. The molecule has 0 amide bonds. The number of phenols is 2. The highest BCUT2D eigenvalue weighted by Crippen LogP contribution is 2.42. The highest BCUT2D eigenvalue weighted by molar-refractivity contribution is 6.31. The fourth-order valence-corrected chi connectivity index (χ4v) is 7.78. The van der Waals surface area contributed by atoms with Gasteiger partial charge in [-0.1, -0.05) is 96.0 Å². The molecule has 64 heavy (non-hydrogen) atoms. The minimum atomic E-state index is 0.100. The molecular formula is C52H42Cl2N4O6. The molecule has 9 rings (SSSR count). The van der Waals surface area contributed by atoms with E-state index in [0.29, 0.717) is 101 Å². The van der Waals surface area contributed by atoms with Gasteiger partial charge in [-0.05, 0) is 97.1 Å². The number of para-hydroxylation sites is 12. The minimum Gasteiger partial charge on any atom is -0.507 e. The Kier molecular flexibility index (Phi) is 12.5. The molecule has 0 atom stereocenters. The number of hydrogen-bond acceptors (Lipinski definition) is 10. The van der Waals surface area contributed by atoms with Crippen molar-refractivity contribution in [3.63, 3.8) is 0 Å². The van der Waals surface area contributed by atoms with Crippen molar-refractivity contribution in [1.82, 2.24) is 0 Å². The van der Waals surface area contributed by atoms with E-state index in [1.54, 1.807) is 24.3 Å². The Morgan fingerprint density at radius 2 is 0.516 bits per heavy atom. The maximum absolute atomic E-state index is 11.6. The zero-order valence-electron chi connectivity index (χ0n) is 34.3. The van der Waals surface area contributed by atoms with Gasteiger partial charge in [0.05, 0.1) is 22.7 Å². The van der Waals surface area contributed by atoms with Crippen LogP contribution in [0.15, 0.2) is 170 Å². The summed E-state index contributed by atoms with van der Waals surface area (Å²) in [7, 11) is 0. The number of nitrogens with one attached hydrogen (secondary N) is 4. The Morgan fingerprint density at radius 1 is 0.312 bits per heavy atom. The zero-order chi connectivity index (χ0) is 43.8. The van der Waals surface area contributed by atoms with E-state index in [4.69, 9.17) is 42.1 Å². The lowest BCUT2D eigenvalue weighted by molar-refractivity contribution is 0.420. The molecule has 0 saturated heterocycles. The van der Waals surface area contributed by atoms with Crippen LogP contribution >= 0.6 is 23.2 Å². The lowest BCUT2D eigenvalue weighted by Gasteiger charge is -2.19. The third-order valence-corrected chi connectivity index (χ3v) is 10.9. The van der Waals surface area contributed by atoms with Crippen LogP contribution in [0.3, 0.4) is 0 Å². The number of aromatic hydroxyl groups is 2. The Labute approximate surface area is 380 Å². The molecule has 0 saturated carbocycles. The molecule has 6 N–H and O–H groups in total. The topological polar surface area (TPSA) is 126 Å². The first-order valence-corrected chi connectivity index (χ1v) is 21.3.